The van der Waals surface area contributed by atoms with Gasteiger partial charge in [-0.2, -0.15) is 13.2 Å². The molecule has 0 bridgehead atoms. The number of ether oxygens (including phenoxy) is 1. The highest BCUT2D eigenvalue weighted by molar-refractivity contribution is 5.76. The van der Waals surface area contributed by atoms with E-state index in [2.05, 4.69) is 4.74 Å². The molecule has 1 aromatic carbocycles. The minimum Gasteiger partial charge on any atom is -0.466 e. The summed E-state index contributed by atoms with van der Waals surface area (Å²) in [6, 6.07) is 4.26. The van der Waals surface area contributed by atoms with Gasteiger partial charge in [0, 0.05) is 19.5 Å². The van der Waals surface area contributed by atoms with E-state index in [0.29, 0.717) is 25.1 Å². The molecule has 130 valence electrons. The van der Waals surface area contributed by atoms with Crippen molar-refractivity contribution >= 4 is 11.6 Å². The number of hydrogen-bond donors (Lipinski definition) is 0. The van der Waals surface area contributed by atoms with Crippen LogP contribution in [-0.4, -0.2) is 30.3 Å². The molecule has 2 aliphatic heterocycles. The third-order valence-electron chi connectivity index (χ3n) is 4.03. The fraction of sp³-hybridized carbons (Fsp3) is 0.438. The molecule has 0 N–H and O–H groups in total. The van der Waals surface area contributed by atoms with Gasteiger partial charge in [0.15, 0.2) is 6.73 Å². The zero-order valence-corrected chi connectivity index (χ0v) is 12.8. The maximum absolute atomic E-state index is 14.3. The number of benzene rings is 1. The van der Waals surface area contributed by atoms with Crippen molar-refractivity contribution in [2.75, 3.05) is 18.2 Å². The summed E-state index contributed by atoms with van der Waals surface area (Å²) >= 11 is 0. The predicted octanol–water partition coefficient (Wildman–Crippen LogP) is 3.54. The summed E-state index contributed by atoms with van der Waals surface area (Å²) in [5.74, 6) is -1.76. The van der Waals surface area contributed by atoms with Gasteiger partial charge in [0.1, 0.15) is 5.82 Å². The standard InChI is InChI=1S/C16H16F4N2O2/c17-12-7-11(8-21-6-2-1-3-15(21)23)4-5-13(12)22-9-14(24-10-22)16(18,19)20/h4-5,7,9H,1-3,6,8,10H2. The Bertz CT molecular complexity index is 673. The second-order valence-corrected chi connectivity index (χ2v) is 5.79. The number of alkyl halides is 3. The first-order valence-corrected chi connectivity index (χ1v) is 7.59. The molecule has 1 fully saturated rings. The molecule has 0 unspecified atom stereocenters. The van der Waals surface area contributed by atoms with E-state index in [4.69, 9.17) is 0 Å². The molecule has 1 amide bonds. The summed E-state index contributed by atoms with van der Waals surface area (Å²) in [6.07, 6.45) is -1.57. The number of piperidine rings is 1. The SMILES string of the molecule is O=C1CCCCN1Cc1ccc(N2C=C(C(F)(F)F)OC2)c(F)c1. The van der Waals surface area contributed by atoms with Crippen LogP contribution in [0.25, 0.3) is 0 Å². The minimum atomic E-state index is -4.60. The van der Waals surface area contributed by atoms with Gasteiger partial charge in [-0.05, 0) is 30.5 Å². The number of allylic oxidation sites excluding steroid dienone is 1. The van der Waals surface area contributed by atoms with Crippen molar-refractivity contribution < 1.29 is 27.1 Å². The highest BCUT2D eigenvalue weighted by Crippen LogP contribution is 2.33. The Morgan fingerprint density at radius 3 is 2.62 bits per heavy atom. The Kier molecular flexibility index (Phi) is 4.38. The van der Waals surface area contributed by atoms with Gasteiger partial charge in [-0.15, -0.1) is 0 Å². The van der Waals surface area contributed by atoms with Crippen LogP contribution in [0, 0.1) is 5.82 Å². The number of likely N-dealkylation sites (tertiary alicyclic amines) is 1. The van der Waals surface area contributed by atoms with Crippen LogP contribution in [0.3, 0.4) is 0 Å². The number of anilines is 1. The Morgan fingerprint density at radius 2 is 2.00 bits per heavy atom. The Balaban J connectivity index is 1.74. The predicted molar refractivity (Wildman–Crippen MR) is 78.2 cm³/mol. The van der Waals surface area contributed by atoms with Crippen LogP contribution in [0.1, 0.15) is 24.8 Å². The number of rotatable bonds is 3. The Hall–Kier alpha value is -2.25. The molecular weight excluding hydrogens is 328 g/mol. The van der Waals surface area contributed by atoms with Crippen LogP contribution in [0.4, 0.5) is 23.2 Å². The van der Waals surface area contributed by atoms with Gasteiger partial charge < -0.3 is 14.5 Å². The second kappa shape index (κ2) is 6.33. The first-order valence-electron chi connectivity index (χ1n) is 7.59. The monoisotopic (exact) mass is 344 g/mol. The number of amides is 1. The van der Waals surface area contributed by atoms with Crippen molar-refractivity contribution in [1.82, 2.24) is 4.90 Å². The Morgan fingerprint density at radius 1 is 1.21 bits per heavy atom. The van der Waals surface area contributed by atoms with E-state index >= 15 is 0 Å². The number of halogens is 4. The van der Waals surface area contributed by atoms with Crippen molar-refractivity contribution in [2.45, 2.75) is 32.0 Å². The van der Waals surface area contributed by atoms with Crippen molar-refractivity contribution in [3.63, 3.8) is 0 Å². The molecule has 0 saturated carbocycles. The maximum atomic E-state index is 14.3. The third-order valence-corrected chi connectivity index (χ3v) is 4.03. The van der Waals surface area contributed by atoms with E-state index in [1.54, 1.807) is 11.0 Å². The smallest absolute Gasteiger partial charge is 0.450 e. The second-order valence-electron chi connectivity index (χ2n) is 5.79. The molecule has 0 radical (unpaired) electrons. The van der Waals surface area contributed by atoms with E-state index in [0.717, 1.165) is 23.9 Å². The molecule has 2 aliphatic rings. The summed E-state index contributed by atoms with van der Waals surface area (Å²) < 4.78 is 56.5. The summed E-state index contributed by atoms with van der Waals surface area (Å²) in [5.41, 5.74) is 0.606. The molecule has 24 heavy (non-hydrogen) atoms. The zero-order chi connectivity index (χ0) is 17.3. The molecule has 1 aromatic rings. The molecule has 3 rings (SSSR count). The van der Waals surface area contributed by atoms with Gasteiger partial charge in [-0.1, -0.05) is 6.07 Å². The molecule has 0 aromatic heterocycles. The van der Waals surface area contributed by atoms with Gasteiger partial charge in [0.2, 0.25) is 11.7 Å². The lowest BCUT2D eigenvalue weighted by Gasteiger charge is -2.27. The molecule has 2 heterocycles. The molecule has 4 nitrogen and oxygen atoms in total. The molecule has 0 aliphatic carbocycles. The van der Waals surface area contributed by atoms with Gasteiger partial charge in [0.05, 0.1) is 11.9 Å². The lowest BCUT2D eigenvalue weighted by molar-refractivity contribution is -0.133. The van der Waals surface area contributed by atoms with E-state index in [9.17, 15) is 22.4 Å². The topological polar surface area (TPSA) is 32.8 Å². The first kappa shape index (κ1) is 16.6. The van der Waals surface area contributed by atoms with Crippen LogP contribution in [-0.2, 0) is 16.1 Å². The van der Waals surface area contributed by atoms with Crippen molar-refractivity contribution in [1.29, 1.82) is 0 Å². The largest absolute Gasteiger partial charge is 0.466 e. The molecular formula is C16H16F4N2O2. The van der Waals surface area contributed by atoms with Crippen LogP contribution in [0.2, 0.25) is 0 Å². The van der Waals surface area contributed by atoms with E-state index in [1.165, 1.54) is 12.1 Å². The van der Waals surface area contributed by atoms with Gasteiger partial charge in [-0.25, -0.2) is 4.39 Å². The van der Waals surface area contributed by atoms with Crippen LogP contribution < -0.4 is 4.90 Å². The normalized spacial score (nSPS) is 18.7. The highest BCUT2D eigenvalue weighted by Gasteiger charge is 2.39. The maximum Gasteiger partial charge on any atom is 0.450 e. The molecule has 0 atom stereocenters. The number of nitrogens with zero attached hydrogens (tertiary/aromatic N) is 2. The average Bonchev–Trinajstić information content (AvgIpc) is 2.99. The van der Waals surface area contributed by atoms with E-state index in [-0.39, 0.29) is 11.6 Å². The fourth-order valence-electron chi connectivity index (χ4n) is 2.78. The lowest BCUT2D eigenvalue weighted by Crippen LogP contribution is -2.34. The molecule has 0 spiro atoms. The summed E-state index contributed by atoms with van der Waals surface area (Å²) in [6.45, 7) is 0.547. The summed E-state index contributed by atoms with van der Waals surface area (Å²) in [5, 5.41) is 0. The third kappa shape index (κ3) is 3.47. The van der Waals surface area contributed by atoms with Crippen LogP contribution >= 0.6 is 0 Å². The van der Waals surface area contributed by atoms with E-state index in [1.807, 2.05) is 0 Å². The van der Waals surface area contributed by atoms with Gasteiger partial charge in [-0.3, -0.25) is 4.79 Å². The lowest BCUT2D eigenvalue weighted by atomic mass is 10.1. The van der Waals surface area contributed by atoms with E-state index < -0.39 is 24.5 Å². The van der Waals surface area contributed by atoms with Gasteiger partial charge >= 0.3 is 6.18 Å². The summed E-state index contributed by atoms with van der Waals surface area (Å²) in [4.78, 5) is 14.5. The minimum absolute atomic E-state index is 0.00275. The van der Waals surface area contributed by atoms with Crippen molar-refractivity contribution in [3.8, 4) is 0 Å². The summed E-state index contributed by atoms with van der Waals surface area (Å²) in [7, 11) is 0. The van der Waals surface area contributed by atoms with Crippen molar-refractivity contribution in [3.05, 3.63) is 41.5 Å². The fourth-order valence-corrected chi connectivity index (χ4v) is 2.78. The van der Waals surface area contributed by atoms with Gasteiger partial charge in [0.25, 0.3) is 0 Å². The number of carbonyl (C=O) groups excluding carboxylic acids is 1. The first-order chi connectivity index (χ1) is 11.3. The van der Waals surface area contributed by atoms with Crippen LogP contribution in [0.5, 0.6) is 0 Å². The number of carbonyl (C=O) groups is 1. The van der Waals surface area contributed by atoms with Crippen molar-refractivity contribution in [2.24, 2.45) is 0 Å². The Labute approximate surface area is 136 Å². The molecule has 1 saturated heterocycles. The quantitative estimate of drug-likeness (QED) is 0.787. The van der Waals surface area contributed by atoms with Crippen LogP contribution in [0.15, 0.2) is 30.2 Å². The zero-order valence-electron chi connectivity index (χ0n) is 12.8. The molecule has 8 heteroatoms. The number of hydrogen-bond acceptors (Lipinski definition) is 3. The highest BCUT2D eigenvalue weighted by atomic mass is 19.4. The average molecular weight is 344 g/mol.